The molecule has 1 nitrogen and oxygen atoms in total. The van der Waals surface area contributed by atoms with Gasteiger partial charge in [-0.25, -0.2) is 0 Å². The molecule has 0 radical (unpaired) electrons. The van der Waals surface area contributed by atoms with Gasteiger partial charge in [-0.1, -0.05) is 22.0 Å². The molecule has 0 atom stereocenters. The molecule has 0 N–H and O–H groups in total. The van der Waals surface area contributed by atoms with Crippen LogP contribution in [0.3, 0.4) is 0 Å². The Morgan fingerprint density at radius 2 is 1.69 bits per heavy atom. The van der Waals surface area contributed by atoms with Gasteiger partial charge in [-0.15, -0.1) is 5.46 Å². The van der Waals surface area contributed by atoms with Crippen LogP contribution < -0.4 is 61.6 Å². The zero-order valence-corrected chi connectivity index (χ0v) is 12.8. The van der Waals surface area contributed by atoms with Gasteiger partial charge in [-0.3, -0.25) is 0 Å². The van der Waals surface area contributed by atoms with Crippen LogP contribution in [0.5, 0.6) is 5.75 Å². The summed E-state index contributed by atoms with van der Waals surface area (Å²) < 4.78 is 64.3. The normalized spacial score (nSPS) is 11.2. The number of hydrogen-bond donors (Lipinski definition) is 0. The second kappa shape index (κ2) is 6.70. The van der Waals surface area contributed by atoms with E-state index in [4.69, 9.17) is 0 Å². The number of rotatable bonds is 3. The Labute approximate surface area is 139 Å². The minimum atomic E-state index is -5.23. The molecule has 0 spiro atoms. The first-order valence-corrected chi connectivity index (χ1v) is 4.53. The van der Waals surface area contributed by atoms with E-state index in [0.29, 0.717) is 6.07 Å². The van der Waals surface area contributed by atoms with E-state index >= 15 is 0 Å². The molecule has 0 bridgehead atoms. The minimum Gasteiger partial charge on any atom is -0.445 e. The van der Waals surface area contributed by atoms with Crippen LogP contribution in [0, 0.1) is 0 Å². The molecule has 1 aromatic carbocycles. The Morgan fingerprint density at radius 3 is 2.12 bits per heavy atom. The van der Waals surface area contributed by atoms with E-state index in [1.165, 1.54) is 0 Å². The maximum Gasteiger partial charge on any atom is 1.00 e. The zero-order chi connectivity index (χ0) is 11.6. The third-order valence-electron chi connectivity index (χ3n) is 1.50. The summed E-state index contributed by atoms with van der Waals surface area (Å²) in [6.45, 7) is -8.37. The summed E-state index contributed by atoms with van der Waals surface area (Å²) in [7, 11) is 0. The first kappa shape index (κ1) is 16.9. The van der Waals surface area contributed by atoms with Crippen molar-refractivity contribution in [3.8, 4) is 5.75 Å². The fourth-order valence-electron chi connectivity index (χ4n) is 0.944. The number of ether oxygens (including phenoxy) is 1. The fourth-order valence-corrected chi connectivity index (χ4v) is 1.43. The quantitative estimate of drug-likeness (QED) is 0.565. The molecule has 0 amide bonds. The van der Waals surface area contributed by atoms with Crippen molar-refractivity contribution >= 4 is 28.4 Å². The van der Waals surface area contributed by atoms with Gasteiger partial charge in [0.15, 0.2) is 0 Å². The van der Waals surface area contributed by atoms with Gasteiger partial charge in [0.1, 0.15) is 5.75 Å². The molecule has 1 aromatic rings. The smallest absolute Gasteiger partial charge is 0.445 e. The van der Waals surface area contributed by atoms with Crippen LogP contribution in [0.25, 0.3) is 0 Å². The number of hydrogen-bond acceptors (Lipinski definition) is 1. The van der Waals surface area contributed by atoms with E-state index in [0.717, 1.165) is 12.1 Å². The summed E-state index contributed by atoms with van der Waals surface area (Å²) >= 11 is 2.78. The second-order valence-corrected chi connectivity index (χ2v) is 3.59. The fraction of sp³-hybridized carbons (Fsp3) is 0.143. The van der Waals surface area contributed by atoms with Crippen LogP contribution >= 0.6 is 15.9 Å². The molecule has 0 fully saturated rings. The zero-order valence-electron chi connectivity index (χ0n) is 8.06. The third-order valence-corrected chi connectivity index (χ3v) is 1.95. The van der Waals surface area contributed by atoms with Gasteiger partial charge in [0, 0.05) is 4.47 Å². The Morgan fingerprint density at radius 1 is 1.12 bits per heavy atom. The molecule has 0 aliphatic carbocycles. The van der Waals surface area contributed by atoms with Crippen LogP contribution in [-0.4, -0.2) is 13.6 Å². The summed E-state index contributed by atoms with van der Waals surface area (Å²) in [6, 6.07) is 2.38. The van der Waals surface area contributed by atoms with Crippen molar-refractivity contribution in [3.05, 3.63) is 22.7 Å². The third kappa shape index (κ3) is 5.46. The van der Waals surface area contributed by atoms with Crippen LogP contribution in [-0.2, 0) is 0 Å². The van der Waals surface area contributed by atoms with Gasteiger partial charge in [0.25, 0.3) is 0 Å². The van der Waals surface area contributed by atoms with Crippen molar-refractivity contribution < 1.29 is 77.8 Å². The molecule has 0 unspecified atom stereocenters. The Hall–Kier alpha value is 0.851. The minimum absolute atomic E-state index is 0. The predicted molar refractivity (Wildman–Crippen MR) is 49.5 cm³/mol. The molecule has 1 rings (SSSR count). The van der Waals surface area contributed by atoms with E-state index in [1.54, 1.807) is 0 Å². The van der Waals surface area contributed by atoms with Gasteiger partial charge in [0.2, 0.25) is 0 Å². The van der Waals surface area contributed by atoms with E-state index < -0.39 is 24.8 Å². The molecule has 0 aliphatic heterocycles. The standard InChI is InChI=1S/C7H4BBrF5O.K/c9-5-1-4(8(12,13)14)2-6(3-5)15-7(10)11;/h1-3,7H;/q-1;+1. The van der Waals surface area contributed by atoms with Gasteiger partial charge in [-0.2, -0.15) is 8.78 Å². The molecule has 0 saturated heterocycles. The molecule has 0 saturated carbocycles. The molecule has 84 valence electrons. The van der Waals surface area contributed by atoms with Crippen molar-refractivity contribution in [1.29, 1.82) is 0 Å². The first-order chi connectivity index (χ1) is 6.79. The summed E-state index contributed by atoms with van der Waals surface area (Å²) in [5, 5.41) is 0. The van der Waals surface area contributed by atoms with Gasteiger partial charge in [0.05, 0.1) is 0 Å². The van der Waals surface area contributed by atoms with Gasteiger partial charge in [-0.05, 0) is 12.1 Å². The number of benzene rings is 1. The summed E-state index contributed by atoms with van der Waals surface area (Å²) in [4.78, 5) is 0. The Kier molecular flexibility index (Phi) is 7.05. The SMILES string of the molecule is FC(F)Oc1cc(Br)cc([B-](F)(F)F)c1.[K+]. The van der Waals surface area contributed by atoms with Crippen molar-refractivity contribution in [1.82, 2.24) is 0 Å². The number of halogens is 6. The molecule has 0 aromatic heterocycles. The average Bonchev–Trinajstić information content (AvgIpc) is 1.99. The topological polar surface area (TPSA) is 9.23 Å². The largest absolute Gasteiger partial charge is 1.00 e. The maximum absolute atomic E-state index is 12.3. The van der Waals surface area contributed by atoms with E-state index in [-0.39, 0.29) is 55.9 Å². The predicted octanol–water partition coefficient (Wildman–Crippen LogP) is 0.109. The van der Waals surface area contributed by atoms with Gasteiger partial charge >= 0.3 is 65.0 Å². The maximum atomic E-state index is 12.3. The first-order valence-electron chi connectivity index (χ1n) is 3.74. The van der Waals surface area contributed by atoms with Crippen molar-refractivity contribution in [2.24, 2.45) is 0 Å². The summed E-state index contributed by atoms with van der Waals surface area (Å²) in [6.07, 6.45) is 0. The molecule has 16 heavy (non-hydrogen) atoms. The molecular weight excluding hydrogens is 325 g/mol. The molecule has 0 heterocycles. The molecule has 9 heteroatoms. The van der Waals surface area contributed by atoms with E-state index in [9.17, 15) is 21.7 Å². The van der Waals surface area contributed by atoms with E-state index in [1.807, 2.05) is 0 Å². The van der Waals surface area contributed by atoms with Crippen LogP contribution in [0.4, 0.5) is 21.7 Å². The Bertz CT molecular complexity index is 359. The van der Waals surface area contributed by atoms with Crippen LogP contribution in [0.15, 0.2) is 22.7 Å². The number of alkyl halides is 2. The molecular formula is C7H4BBrF5KO. The van der Waals surface area contributed by atoms with E-state index in [2.05, 4.69) is 20.7 Å². The van der Waals surface area contributed by atoms with Crippen molar-refractivity contribution in [3.63, 3.8) is 0 Å². The van der Waals surface area contributed by atoms with Crippen LogP contribution in [0.1, 0.15) is 0 Å². The average molecular weight is 329 g/mol. The monoisotopic (exact) mass is 328 g/mol. The van der Waals surface area contributed by atoms with Crippen molar-refractivity contribution in [2.45, 2.75) is 6.61 Å². The van der Waals surface area contributed by atoms with Gasteiger partial charge < -0.3 is 17.7 Å². The second-order valence-electron chi connectivity index (χ2n) is 2.67. The molecule has 0 aliphatic rings. The van der Waals surface area contributed by atoms with Crippen LogP contribution in [0.2, 0.25) is 0 Å². The summed E-state index contributed by atoms with van der Waals surface area (Å²) in [5.41, 5.74) is -0.986. The van der Waals surface area contributed by atoms with Crippen molar-refractivity contribution in [2.75, 3.05) is 0 Å². The Balaban J connectivity index is 0.00000225. The summed E-state index contributed by atoms with van der Waals surface area (Å²) in [5.74, 6) is -0.520.